The monoisotopic (exact) mass is 1230 g/mol. The van der Waals surface area contributed by atoms with Crippen molar-refractivity contribution in [3.05, 3.63) is 231 Å². The molecule has 0 saturated heterocycles. The van der Waals surface area contributed by atoms with Crippen LogP contribution in [-0.4, -0.2) is 46.0 Å². The minimum atomic E-state index is -1.17. The summed E-state index contributed by atoms with van der Waals surface area (Å²) in [6, 6.07) is 53.1. The van der Waals surface area contributed by atoms with E-state index in [9.17, 15) is 46.0 Å². The second-order valence-electron chi connectivity index (χ2n) is 27.7. The number of aromatic hydroxyl groups is 9. The maximum absolute atomic E-state index is 12.9. The van der Waals surface area contributed by atoms with Gasteiger partial charge in [0.05, 0.1) is 0 Å². The zero-order chi connectivity index (χ0) is 66.7. The first-order valence-corrected chi connectivity index (χ1v) is 32.1. The Kier molecular flexibility index (Phi) is 17.9. The second kappa shape index (κ2) is 25.2. The van der Waals surface area contributed by atoms with Gasteiger partial charge >= 0.3 is 0 Å². The van der Waals surface area contributed by atoms with Crippen molar-refractivity contribution in [2.24, 2.45) is 0 Å². The maximum Gasteiger partial charge on any atom is 0.131 e. The Morgan fingerprint density at radius 3 is 0.598 bits per heavy atom. The molecule has 0 unspecified atom stereocenters. The molecule has 0 aliphatic heterocycles. The molecule has 9 N–H and O–H groups in total. The molecular formula is C83H88O9. The van der Waals surface area contributed by atoms with E-state index in [-0.39, 0.29) is 87.3 Å². The highest BCUT2D eigenvalue weighted by atomic mass is 16.3. The van der Waals surface area contributed by atoms with Crippen LogP contribution in [0.3, 0.4) is 0 Å². The Labute approximate surface area is 542 Å². The summed E-state index contributed by atoms with van der Waals surface area (Å²) in [4.78, 5) is 0. The summed E-state index contributed by atoms with van der Waals surface area (Å²) in [5.74, 6) is 0.747. The van der Waals surface area contributed by atoms with Gasteiger partial charge in [0.25, 0.3) is 0 Å². The number of rotatable bonds is 17. The first kappa shape index (κ1) is 65.4. The fraction of sp³-hybridized carbons (Fsp3) is 0.277. The second-order valence-corrected chi connectivity index (χ2v) is 27.7. The number of phenols is 9. The maximum atomic E-state index is 12.9. The number of hydrogen-bond acceptors (Lipinski definition) is 9. The van der Waals surface area contributed by atoms with Gasteiger partial charge in [-0.1, -0.05) is 158 Å². The van der Waals surface area contributed by atoms with E-state index in [1.54, 1.807) is 36.4 Å². The van der Waals surface area contributed by atoms with Crippen LogP contribution >= 0.6 is 0 Å². The van der Waals surface area contributed by atoms with Crippen LogP contribution in [0.2, 0.25) is 0 Å². The molecule has 0 bridgehead atoms. The third-order valence-corrected chi connectivity index (χ3v) is 19.2. The molecule has 10 rings (SSSR count). The van der Waals surface area contributed by atoms with E-state index in [1.165, 1.54) is 0 Å². The van der Waals surface area contributed by atoms with Crippen molar-refractivity contribution in [2.75, 3.05) is 0 Å². The topological polar surface area (TPSA) is 182 Å². The fourth-order valence-electron chi connectivity index (χ4n) is 13.2. The van der Waals surface area contributed by atoms with E-state index in [0.29, 0.717) is 77.9 Å². The van der Waals surface area contributed by atoms with Gasteiger partial charge in [-0.3, -0.25) is 0 Å². The van der Waals surface area contributed by atoms with Crippen LogP contribution in [0.25, 0.3) is 66.8 Å². The van der Waals surface area contributed by atoms with Gasteiger partial charge in [-0.2, -0.15) is 0 Å². The molecule has 0 fully saturated rings. The summed E-state index contributed by atoms with van der Waals surface area (Å²) in [6.45, 7) is 30.6. The normalized spacial score (nSPS) is 12.2. The molecular weight excluding hydrogens is 1140 g/mol. The van der Waals surface area contributed by atoms with Gasteiger partial charge in [0, 0.05) is 44.2 Å². The van der Waals surface area contributed by atoms with Gasteiger partial charge < -0.3 is 46.0 Å². The Balaban J connectivity index is 1.29. The lowest BCUT2D eigenvalue weighted by atomic mass is 9.68. The van der Waals surface area contributed by atoms with Gasteiger partial charge in [-0.15, -0.1) is 0 Å². The molecule has 9 nitrogen and oxygen atoms in total. The molecule has 0 heterocycles. The summed E-state index contributed by atoms with van der Waals surface area (Å²) in [7, 11) is 0. The third-order valence-electron chi connectivity index (χ3n) is 19.2. The predicted molar refractivity (Wildman–Crippen MR) is 376 cm³/mol. The predicted octanol–water partition coefficient (Wildman–Crippen LogP) is 21.5. The summed E-state index contributed by atoms with van der Waals surface area (Å²) >= 11 is 0. The van der Waals surface area contributed by atoms with Crippen LogP contribution in [0.4, 0.5) is 0 Å². The molecule has 0 radical (unpaired) electrons. The molecule has 0 spiro atoms. The molecule has 0 aromatic heterocycles. The molecule has 0 amide bonds. The standard InChI is InChI=1S/C83H88O9/c1-44(2)61-32-50(16-26-73(61)84)67-38-58(39-68(79(67)90)51-17-27-74(85)62(33-51)45(3)4)82(13,14)56-22-24-57(25-23-56)83(15,59-40-69(52-18-28-75(86)63(34-52)46(5)6)80(91)70(41-59)53-19-29-76(87)64(35-53)47(7)8)60-42-71(54-20-30-77(88)65(36-54)48(9)10)81(92)72(43-60)55-21-31-78(89)66(37-55)49(11)12/h16-49,84-92H,1-15H3. The molecule has 0 aliphatic rings. The highest BCUT2D eigenvalue weighted by molar-refractivity contribution is 5.89. The van der Waals surface area contributed by atoms with Crippen molar-refractivity contribution in [3.8, 4) is 119 Å². The van der Waals surface area contributed by atoms with E-state index >= 15 is 0 Å². The van der Waals surface area contributed by atoms with Crippen LogP contribution in [0, 0.1) is 0 Å². The minimum absolute atomic E-state index is 0.00207. The molecule has 0 atom stereocenters. The lowest BCUT2D eigenvalue weighted by Crippen LogP contribution is -2.26. The van der Waals surface area contributed by atoms with Gasteiger partial charge in [-0.25, -0.2) is 0 Å². The van der Waals surface area contributed by atoms with Crippen LogP contribution in [-0.2, 0) is 10.8 Å². The summed E-state index contributed by atoms with van der Waals surface area (Å²) in [6.07, 6.45) is 0. The average molecular weight is 1230 g/mol. The number of hydrogen-bond donors (Lipinski definition) is 9. The summed E-state index contributed by atoms with van der Waals surface area (Å²) in [5, 5.41) is 105. The first-order valence-electron chi connectivity index (χ1n) is 32.1. The van der Waals surface area contributed by atoms with Crippen LogP contribution in [0.15, 0.2) is 170 Å². The molecule has 10 aromatic carbocycles. The van der Waals surface area contributed by atoms with Crippen LogP contribution in [0.5, 0.6) is 51.7 Å². The highest BCUT2D eigenvalue weighted by Crippen LogP contribution is 2.53. The van der Waals surface area contributed by atoms with E-state index in [4.69, 9.17) is 0 Å². The molecule has 0 aliphatic carbocycles. The van der Waals surface area contributed by atoms with E-state index in [2.05, 4.69) is 45.0 Å². The van der Waals surface area contributed by atoms with Crippen LogP contribution in [0.1, 0.15) is 201 Å². The number of benzene rings is 10. The lowest BCUT2D eigenvalue weighted by molar-refractivity contribution is 0.464. The smallest absolute Gasteiger partial charge is 0.131 e. The highest BCUT2D eigenvalue weighted by Gasteiger charge is 2.37. The van der Waals surface area contributed by atoms with E-state index < -0.39 is 10.8 Å². The van der Waals surface area contributed by atoms with E-state index in [1.807, 2.05) is 192 Å². The minimum Gasteiger partial charge on any atom is -0.508 e. The van der Waals surface area contributed by atoms with Crippen molar-refractivity contribution in [3.63, 3.8) is 0 Å². The van der Waals surface area contributed by atoms with Crippen molar-refractivity contribution < 1.29 is 46.0 Å². The SMILES string of the molecule is CC(C)c1cc(-c2cc(C(C)(C)c3ccc(C(C)(c4cc(-c5ccc(O)c(C(C)C)c5)c(O)c(-c5ccc(O)c(C(C)C)c5)c4)c4cc(-c5ccc(O)c(C(C)C)c5)c(O)c(-c5ccc(O)c(C(C)C)c5)c4)cc3)cc(-c3ccc(O)c(C(C)C)c3)c2O)ccc1O. The molecule has 9 heteroatoms. The van der Waals surface area contributed by atoms with Crippen molar-refractivity contribution in [1.82, 2.24) is 0 Å². The quantitative estimate of drug-likeness (QED) is 0.0401. The van der Waals surface area contributed by atoms with Gasteiger partial charge in [0.15, 0.2) is 0 Å². The van der Waals surface area contributed by atoms with Gasteiger partial charge in [0.1, 0.15) is 51.7 Å². The average Bonchev–Trinajstić information content (AvgIpc) is 0.719. The first-order chi connectivity index (χ1) is 43.4. The van der Waals surface area contributed by atoms with Crippen LogP contribution < -0.4 is 0 Å². The third kappa shape index (κ3) is 12.1. The Morgan fingerprint density at radius 2 is 0.402 bits per heavy atom. The summed E-state index contributed by atoms with van der Waals surface area (Å²) in [5.41, 5.74) is 13.9. The molecule has 92 heavy (non-hydrogen) atoms. The zero-order valence-corrected chi connectivity index (χ0v) is 55.7. The van der Waals surface area contributed by atoms with Crippen molar-refractivity contribution in [2.45, 2.75) is 150 Å². The molecule has 474 valence electrons. The van der Waals surface area contributed by atoms with E-state index in [0.717, 1.165) is 50.1 Å². The Hall–Kier alpha value is -9.60. The summed E-state index contributed by atoms with van der Waals surface area (Å²) < 4.78 is 0. The van der Waals surface area contributed by atoms with Crippen molar-refractivity contribution >= 4 is 0 Å². The Bertz CT molecular complexity index is 4040. The van der Waals surface area contributed by atoms with Gasteiger partial charge in [0.2, 0.25) is 0 Å². The lowest BCUT2D eigenvalue weighted by Gasteiger charge is -2.35. The van der Waals surface area contributed by atoms with Gasteiger partial charge in [-0.05, 0) is 246 Å². The van der Waals surface area contributed by atoms with Crippen molar-refractivity contribution in [1.29, 1.82) is 0 Å². The largest absolute Gasteiger partial charge is 0.508 e. The Morgan fingerprint density at radius 1 is 0.217 bits per heavy atom. The molecule has 10 aromatic rings. The fourth-order valence-corrected chi connectivity index (χ4v) is 13.2. The molecule has 0 saturated carbocycles. The zero-order valence-electron chi connectivity index (χ0n) is 55.7. The number of phenolic OH excluding ortho intramolecular Hbond substituents is 9.